The first-order valence-electron chi connectivity index (χ1n) is 8.90. The SMILES string of the molecule is CCC1(CC)CC(=O)C(Sc2nc3cc(Cl)ccc3n2C(C)C)C(=O)O1. The van der Waals surface area contributed by atoms with Gasteiger partial charge in [0.1, 0.15) is 5.60 Å². The van der Waals surface area contributed by atoms with Gasteiger partial charge in [-0.15, -0.1) is 0 Å². The van der Waals surface area contributed by atoms with Crippen molar-refractivity contribution in [2.45, 2.75) is 69.0 Å². The number of carbonyl (C=O) groups is 2. The fraction of sp³-hybridized carbons (Fsp3) is 0.526. The third-order valence-corrected chi connectivity index (χ3v) is 6.39. The fourth-order valence-corrected chi connectivity index (χ4v) is 4.65. The fourth-order valence-electron chi connectivity index (χ4n) is 3.34. The number of rotatable bonds is 5. The first-order chi connectivity index (χ1) is 12.3. The van der Waals surface area contributed by atoms with E-state index in [9.17, 15) is 9.59 Å². The van der Waals surface area contributed by atoms with Gasteiger partial charge in [-0.2, -0.15) is 0 Å². The topological polar surface area (TPSA) is 61.2 Å². The van der Waals surface area contributed by atoms with Gasteiger partial charge in [0.05, 0.1) is 11.0 Å². The molecule has 0 N–H and O–H groups in total. The van der Waals surface area contributed by atoms with Crippen LogP contribution in [0.1, 0.15) is 53.0 Å². The summed E-state index contributed by atoms with van der Waals surface area (Å²) in [7, 11) is 0. The Morgan fingerprint density at radius 2 is 2.04 bits per heavy atom. The first-order valence-corrected chi connectivity index (χ1v) is 10.2. The largest absolute Gasteiger partial charge is 0.457 e. The number of thioether (sulfide) groups is 1. The van der Waals surface area contributed by atoms with E-state index in [-0.39, 0.29) is 18.2 Å². The van der Waals surface area contributed by atoms with E-state index in [2.05, 4.69) is 4.98 Å². The van der Waals surface area contributed by atoms with Crippen molar-refractivity contribution in [2.75, 3.05) is 0 Å². The van der Waals surface area contributed by atoms with Crippen LogP contribution in [0, 0.1) is 0 Å². The molecule has 0 spiro atoms. The number of hydrogen-bond donors (Lipinski definition) is 0. The number of halogens is 1. The summed E-state index contributed by atoms with van der Waals surface area (Å²) in [5.74, 6) is -0.550. The van der Waals surface area contributed by atoms with Crippen LogP contribution in [-0.4, -0.2) is 32.2 Å². The molecule has 2 aromatic rings. The molecule has 3 rings (SSSR count). The second kappa shape index (κ2) is 7.24. The van der Waals surface area contributed by atoms with Crippen LogP contribution in [-0.2, 0) is 14.3 Å². The summed E-state index contributed by atoms with van der Waals surface area (Å²) in [4.78, 5) is 29.9. The van der Waals surface area contributed by atoms with Crippen LogP contribution in [0.15, 0.2) is 23.4 Å². The lowest BCUT2D eigenvalue weighted by Crippen LogP contribution is -2.48. The maximum absolute atomic E-state index is 12.7. The number of ether oxygens (including phenoxy) is 1. The quantitative estimate of drug-likeness (QED) is 0.538. The van der Waals surface area contributed by atoms with Gasteiger partial charge in [-0.1, -0.05) is 37.2 Å². The van der Waals surface area contributed by atoms with E-state index in [1.807, 2.05) is 44.4 Å². The highest BCUT2D eigenvalue weighted by atomic mass is 35.5. The second-order valence-electron chi connectivity index (χ2n) is 6.94. The summed E-state index contributed by atoms with van der Waals surface area (Å²) in [6.07, 6.45) is 1.54. The summed E-state index contributed by atoms with van der Waals surface area (Å²) in [5.41, 5.74) is 1.03. The van der Waals surface area contributed by atoms with Crippen molar-refractivity contribution in [1.29, 1.82) is 0 Å². The molecule has 1 atom stereocenters. The molecule has 1 aliphatic heterocycles. The number of carbonyl (C=O) groups excluding carboxylic acids is 2. The zero-order valence-corrected chi connectivity index (χ0v) is 17.0. The number of cyclic esters (lactones) is 1. The highest BCUT2D eigenvalue weighted by Gasteiger charge is 2.46. The van der Waals surface area contributed by atoms with Gasteiger partial charge in [0.2, 0.25) is 0 Å². The molecule has 0 amide bonds. The Hall–Kier alpha value is -1.53. The lowest BCUT2D eigenvalue weighted by molar-refractivity contribution is -0.170. The van der Waals surface area contributed by atoms with Gasteiger partial charge in [-0.25, -0.2) is 4.98 Å². The number of fused-ring (bicyclic) bond motifs is 1. The molecule has 0 saturated carbocycles. The molecule has 0 bridgehead atoms. The van der Waals surface area contributed by atoms with Crippen molar-refractivity contribution >= 4 is 46.1 Å². The molecule has 1 aromatic heterocycles. The molecule has 1 fully saturated rings. The number of benzene rings is 1. The maximum Gasteiger partial charge on any atom is 0.327 e. The molecule has 1 aliphatic rings. The molecule has 140 valence electrons. The summed E-state index contributed by atoms with van der Waals surface area (Å²) < 4.78 is 7.71. The van der Waals surface area contributed by atoms with Crippen molar-refractivity contribution in [1.82, 2.24) is 9.55 Å². The van der Waals surface area contributed by atoms with Crippen molar-refractivity contribution in [3.63, 3.8) is 0 Å². The normalized spacial score (nSPS) is 20.0. The molecule has 1 unspecified atom stereocenters. The van der Waals surface area contributed by atoms with Crippen molar-refractivity contribution < 1.29 is 14.3 Å². The Morgan fingerprint density at radius 1 is 1.35 bits per heavy atom. The minimum Gasteiger partial charge on any atom is -0.457 e. The lowest BCUT2D eigenvalue weighted by Gasteiger charge is -2.37. The average Bonchev–Trinajstić information content (AvgIpc) is 2.95. The van der Waals surface area contributed by atoms with E-state index < -0.39 is 16.8 Å². The van der Waals surface area contributed by atoms with Crippen LogP contribution in [0.4, 0.5) is 0 Å². The van der Waals surface area contributed by atoms with Gasteiger partial charge < -0.3 is 9.30 Å². The van der Waals surface area contributed by atoms with Gasteiger partial charge >= 0.3 is 5.97 Å². The molecule has 7 heteroatoms. The number of ketones is 1. The average molecular weight is 395 g/mol. The monoisotopic (exact) mass is 394 g/mol. The summed E-state index contributed by atoms with van der Waals surface area (Å²) in [5, 5.41) is 0.366. The minimum absolute atomic E-state index is 0.0876. The Kier molecular flexibility index (Phi) is 5.35. The van der Waals surface area contributed by atoms with Crippen LogP contribution >= 0.6 is 23.4 Å². The highest BCUT2D eigenvalue weighted by molar-refractivity contribution is 8.01. The molecule has 26 heavy (non-hydrogen) atoms. The van der Waals surface area contributed by atoms with E-state index >= 15 is 0 Å². The summed E-state index contributed by atoms with van der Waals surface area (Å²) in [6.45, 7) is 7.97. The first kappa shape index (κ1) is 19.2. The van der Waals surface area contributed by atoms with Gasteiger partial charge in [-0.3, -0.25) is 9.59 Å². The maximum atomic E-state index is 12.7. The van der Waals surface area contributed by atoms with Crippen LogP contribution in [0.2, 0.25) is 5.02 Å². The lowest BCUT2D eigenvalue weighted by atomic mass is 9.88. The number of Topliss-reactive ketones (excluding diaryl/α,β-unsaturated/α-hetero) is 1. The molecule has 0 radical (unpaired) electrons. The number of esters is 1. The standard InChI is InChI=1S/C19H23ClN2O3S/c1-5-19(6-2)10-15(23)16(17(24)25-19)26-18-21-13-9-12(20)7-8-14(13)22(18)11(3)4/h7-9,11,16H,5-6,10H2,1-4H3. The van der Waals surface area contributed by atoms with Crippen molar-refractivity contribution in [2.24, 2.45) is 0 Å². The molecule has 0 aliphatic carbocycles. The molecule has 1 saturated heterocycles. The zero-order chi connectivity index (χ0) is 19.1. The van der Waals surface area contributed by atoms with E-state index in [0.717, 1.165) is 11.0 Å². The number of hydrogen-bond acceptors (Lipinski definition) is 5. The van der Waals surface area contributed by atoms with Crippen LogP contribution in [0.25, 0.3) is 11.0 Å². The Balaban J connectivity index is 1.95. The van der Waals surface area contributed by atoms with Gasteiger partial charge in [0.15, 0.2) is 16.2 Å². The Labute approximate surface area is 162 Å². The highest BCUT2D eigenvalue weighted by Crippen LogP contribution is 2.38. The van der Waals surface area contributed by atoms with Crippen molar-refractivity contribution in [3.8, 4) is 0 Å². The number of nitrogens with zero attached hydrogens (tertiary/aromatic N) is 2. The minimum atomic E-state index is -0.869. The van der Waals surface area contributed by atoms with E-state index in [1.165, 1.54) is 11.8 Å². The molecular weight excluding hydrogens is 372 g/mol. The van der Waals surface area contributed by atoms with E-state index in [1.54, 1.807) is 6.07 Å². The predicted molar refractivity (Wildman–Crippen MR) is 104 cm³/mol. The van der Waals surface area contributed by atoms with E-state index in [4.69, 9.17) is 16.3 Å². The molecule has 5 nitrogen and oxygen atoms in total. The van der Waals surface area contributed by atoms with Crippen molar-refractivity contribution in [3.05, 3.63) is 23.2 Å². The molecule has 1 aromatic carbocycles. The van der Waals surface area contributed by atoms with Crippen LogP contribution in [0.3, 0.4) is 0 Å². The Morgan fingerprint density at radius 3 is 2.62 bits per heavy atom. The number of aromatic nitrogens is 2. The Bertz CT molecular complexity index is 838. The predicted octanol–water partition coefficient (Wildman–Crippen LogP) is 4.81. The number of imidazole rings is 1. The smallest absolute Gasteiger partial charge is 0.327 e. The second-order valence-corrected chi connectivity index (χ2v) is 8.45. The zero-order valence-electron chi connectivity index (χ0n) is 15.4. The third-order valence-electron chi connectivity index (χ3n) is 4.97. The molecular formula is C19H23ClN2O3S. The van der Waals surface area contributed by atoms with Gasteiger partial charge in [0, 0.05) is 17.5 Å². The van der Waals surface area contributed by atoms with Crippen LogP contribution < -0.4 is 0 Å². The third kappa shape index (κ3) is 3.37. The van der Waals surface area contributed by atoms with E-state index in [0.29, 0.717) is 23.0 Å². The van der Waals surface area contributed by atoms with Gasteiger partial charge in [-0.05, 0) is 44.9 Å². The summed E-state index contributed by atoms with van der Waals surface area (Å²) in [6, 6.07) is 5.65. The van der Waals surface area contributed by atoms with Gasteiger partial charge in [0.25, 0.3) is 0 Å². The van der Waals surface area contributed by atoms with Crippen LogP contribution in [0.5, 0.6) is 0 Å². The summed E-state index contributed by atoms with van der Waals surface area (Å²) >= 11 is 7.25. The molecule has 2 heterocycles.